The summed E-state index contributed by atoms with van der Waals surface area (Å²) in [7, 11) is 0. The Labute approximate surface area is 110 Å². The van der Waals surface area contributed by atoms with Gasteiger partial charge in [-0.2, -0.15) is 0 Å². The summed E-state index contributed by atoms with van der Waals surface area (Å²) in [4.78, 5) is 2.75. The monoisotopic (exact) mass is 241 g/mol. The van der Waals surface area contributed by atoms with Crippen LogP contribution in [0.1, 0.15) is 31.2 Å². The van der Waals surface area contributed by atoms with Crippen LogP contribution in [0.15, 0.2) is 30.3 Å². The molecule has 1 aromatic rings. The highest BCUT2D eigenvalue weighted by Gasteiger charge is 2.55. The first-order chi connectivity index (χ1) is 8.84. The van der Waals surface area contributed by atoms with E-state index in [0.717, 1.165) is 17.3 Å². The third-order valence-electron chi connectivity index (χ3n) is 5.81. The molecule has 0 aromatic heterocycles. The topological polar surface area (TPSA) is 3.24 Å². The van der Waals surface area contributed by atoms with Gasteiger partial charge in [-0.1, -0.05) is 30.3 Å². The van der Waals surface area contributed by atoms with Crippen LogP contribution in [0.3, 0.4) is 0 Å². The molecule has 0 N–H and O–H groups in total. The lowest BCUT2D eigenvalue weighted by molar-refractivity contribution is 0.241. The molecule has 0 radical (unpaired) electrons. The van der Waals surface area contributed by atoms with Gasteiger partial charge in [0.05, 0.1) is 0 Å². The van der Waals surface area contributed by atoms with Crippen LogP contribution in [0.2, 0.25) is 0 Å². The summed E-state index contributed by atoms with van der Waals surface area (Å²) < 4.78 is 0. The Bertz CT molecular complexity index is 426. The van der Waals surface area contributed by atoms with Gasteiger partial charge in [-0.25, -0.2) is 0 Å². The first-order valence-corrected chi connectivity index (χ1v) is 7.60. The van der Waals surface area contributed by atoms with Gasteiger partial charge in [0.2, 0.25) is 0 Å². The number of hydrogen-bond acceptors (Lipinski definition) is 1. The zero-order chi connectivity index (χ0) is 12.0. The molecule has 1 aliphatic heterocycles. The lowest BCUT2D eigenvalue weighted by Crippen LogP contribution is -2.27. The van der Waals surface area contributed by atoms with Gasteiger partial charge in [0.15, 0.2) is 0 Å². The normalized spacial score (nSPS) is 38.2. The first-order valence-electron chi connectivity index (χ1n) is 7.60. The van der Waals surface area contributed by atoms with E-state index in [4.69, 9.17) is 0 Å². The molecule has 1 heteroatoms. The minimum Gasteiger partial charge on any atom is -0.302 e. The van der Waals surface area contributed by atoms with Crippen LogP contribution >= 0.6 is 0 Å². The summed E-state index contributed by atoms with van der Waals surface area (Å²) in [6.45, 7) is 4.07. The fourth-order valence-electron chi connectivity index (χ4n) is 4.96. The van der Waals surface area contributed by atoms with Crippen molar-refractivity contribution in [2.24, 2.45) is 17.3 Å². The summed E-state index contributed by atoms with van der Waals surface area (Å²) in [5.74, 6) is 2.15. The number of rotatable bonds is 3. The number of likely N-dealkylation sites (tertiary alicyclic amines) is 1. The van der Waals surface area contributed by atoms with Gasteiger partial charge in [0.1, 0.15) is 0 Å². The molecule has 4 rings (SSSR count). The SMILES string of the molecule is c1ccc(CCN2CC3CC4CCC3(C4)C2)cc1. The molecule has 18 heavy (non-hydrogen) atoms. The molecule has 1 spiro atoms. The van der Waals surface area contributed by atoms with E-state index >= 15 is 0 Å². The van der Waals surface area contributed by atoms with Crippen LogP contribution in [0.25, 0.3) is 0 Å². The summed E-state index contributed by atoms with van der Waals surface area (Å²) in [6.07, 6.45) is 7.39. The molecule has 96 valence electrons. The summed E-state index contributed by atoms with van der Waals surface area (Å²) in [5, 5.41) is 0. The average molecular weight is 241 g/mol. The van der Waals surface area contributed by atoms with Crippen LogP contribution in [0, 0.1) is 17.3 Å². The standard InChI is InChI=1S/C17H23N/c1-2-4-14(5-3-1)7-9-18-12-16-10-15-6-8-17(16,11-15)13-18/h1-5,15-16H,6-13H2. The zero-order valence-corrected chi connectivity index (χ0v) is 11.1. The molecule has 1 heterocycles. The van der Waals surface area contributed by atoms with Crippen molar-refractivity contribution in [2.45, 2.75) is 32.1 Å². The van der Waals surface area contributed by atoms with Crippen molar-refractivity contribution in [3.63, 3.8) is 0 Å². The van der Waals surface area contributed by atoms with Crippen molar-refractivity contribution in [3.8, 4) is 0 Å². The Morgan fingerprint density at radius 2 is 2.11 bits per heavy atom. The van der Waals surface area contributed by atoms with Gasteiger partial charge in [-0.15, -0.1) is 0 Å². The Balaban J connectivity index is 1.38. The van der Waals surface area contributed by atoms with Crippen molar-refractivity contribution >= 4 is 0 Å². The fraction of sp³-hybridized carbons (Fsp3) is 0.647. The number of nitrogens with zero attached hydrogens (tertiary/aromatic N) is 1. The second kappa shape index (κ2) is 4.09. The lowest BCUT2D eigenvalue weighted by atomic mass is 9.78. The zero-order valence-electron chi connectivity index (χ0n) is 11.1. The first kappa shape index (κ1) is 11.0. The maximum atomic E-state index is 2.75. The summed E-state index contributed by atoms with van der Waals surface area (Å²) >= 11 is 0. The van der Waals surface area contributed by atoms with Crippen molar-refractivity contribution in [1.82, 2.24) is 4.90 Å². The van der Waals surface area contributed by atoms with Gasteiger partial charge in [0, 0.05) is 19.6 Å². The van der Waals surface area contributed by atoms with Gasteiger partial charge in [-0.05, 0) is 54.9 Å². The highest BCUT2D eigenvalue weighted by Crippen LogP contribution is 2.60. The second-order valence-corrected chi connectivity index (χ2v) is 6.87. The minimum absolute atomic E-state index is 0.765. The molecule has 0 amide bonds. The number of hydrogen-bond donors (Lipinski definition) is 0. The van der Waals surface area contributed by atoms with E-state index < -0.39 is 0 Å². The van der Waals surface area contributed by atoms with Crippen LogP contribution in [0.4, 0.5) is 0 Å². The number of fused-ring (bicyclic) bond motifs is 1. The van der Waals surface area contributed by atoms with E-state index in [2.05, 4.69) is 35.2 Å². The van der Waals surface area contributed by atoms with Crippen molar-refractivity contribution in [2.75, 3.05) is 19.6 Å². The Morgan fingerprint density at radius 1 is 1.22 bits per heavy atom. The van der Waals surface area contributed by atoms with Gasteiger partial charge >= 0.3 is 0 Å². The Hall–Kier alpha value is -0.820. The summed E-state index contributed by atoms with van der Waals surface area (Å²) in [6, 6.07) is 11.0. The molecular formula is C17H23N. The molecule has 3 fully saturated rings. The Morgan fingerprint density at radius 3 is 2.89 bits per heavy atom. The third kappa shape index (κ3) is 1.72. The van der Waals surface area contributed by atoms with Gasteiger partial charge < -0.3 is 4.90 Å². The van der Waals surface area contributed by atoms with E-state index in [0.29, 0.717) is 0 Å². The molecule has 3 unspecified atom stereocenters. The van der Waals surface area contributed by atoms with Gasteiger partial charge in [-0.3, -0.25) is 0 Å². The molecule has 3 atom stereocenters. The van der Waals surface area contributed by atoms with Crippen LogP contribution < -0.4 is 0 Å². The van der Waals surface area contributed by atoms with Crippen LogP contribution in [-0.4, -0.2) is 24.5 Å². The minimum atomic E-state index is 0.765. The Kier molecular flexibility index (Phi) is 2.51. The van der Waals surface area contributed by atoms with Crippen LogP contribution in [0.5, 0.6) is 0 Å². The van der Waals surface area contributed by atoms with Crippen LogP contribution in [-0.2, 0) is 6.42 Å². The maximum absolute atomic E-state index is 2.75. The van der Waals surface area contributed by atoms with E-state index in [1.165, 1.54) is 44.5 Å². The molecule has 1 aromatic carbocycles. The van der Waals surface area contributed by atoms with Gasteiger partial charge in [0.25, 0.3) is 0 Å². The predicted molar refractivity (Wildman–Crippen MR) is 74.5 cm³/mol. The smallest absolute Gasteiger partial charge is 0.00415 e. The van der Waals surface area contributed by atoms with E-state index in [9.17, 15) is 0 Å². The quantitative estimate of drug-likeness (QED) is 0.784. The largest absolute Gasteiger partial charge is 0.302 e. The molecule has 2 bridgehead atoms. The molecule has 3 aliphatic rings. The van der Waals surface area contributed by atoms with Crippen molar-refractivity contribution < 1.29 is 0 Å². The lowest BCUT2D eigenvalue weighted by Gasteiger charge is -2.26. The van der Waals surface area contributed by atoms with E-state index in [1.807, 2.05) is 0 Å². The molecule has 1 saturated heterocycles. The van der Waals surface area contributed by atoms with Crippen molar-refractivity contribution in [1.29, 1.82) is 0 Å². The van der Waals surface area contributed by atoms with E-state index in [-0.39, 0.29) is 0 Å². The maximum Gasteiger partial charge on any atom is 0.00415 e. The average Bonchev–Trinajstić information content (AvgIpc) is 3.04. The molecule has 2 saturated carbocycles. The number of benzene rings is 1. The summed E-state index contributed by atoms with van der Waals surface area (Å²) in [5.41, 5.74) is 2.26. The van der Waals surface area contributed by atoms with Crippen molar-refractivity contribution in [3.05, 3.63) is 35.9 Å². The molecular weight excluding hydrogens is 218 g/mol. The predicted octanol–water partition coefficient (Wildman–Crippen LogP) is 3.35. The fourth-order valence-corrected chi connectivity index (χ4v) is 4.96. The van der Waals surface area contributed by atoms with E-state index in [1.54, 1.807) is 12.8 Å². The molecule has 2 aliphatic carbocycles. The highest BCUT2D eigenvalue weighted by molar-refractivity contribution is 5.15. The second-order valence-electron chi connectivity index (χ2n) is 6.87. The highest BCUT2D eigenvalue weighted by atomic mass is 15.2. The third-order valence-corrected chi connectivity index (χ3v) is 5.81. The molecule has 1 nitrogen and oxygen atoms in total.